The van der Waals surface area contributed by atoms with E-state index in [1.54, 1.807) is 18.6 Å². The summed E-state index contributed by atoms with van der Waals surface area (Å²) in [5.41, 5.74) is 0.916. The SMILES string of the molecule is CC1=C(OC#N)C=C(OC#N)C=CC1. The van der Waals surface area contributed by atoms with Crippen molar-refractivity contribution in [1.82, 2.24) is 0 Å². The van der Waals surface area contributed by atoms with Gasteiger partial charge in [0.1, 0.15) is 11.5 Å². The summed E-state index contributed by atoms with van der Waals surface area (Å²) in [7, 11) is 0. The van der Waals surface area contributed by atoms with Crippen LogP contribution in [0, 0.1) is 23.0 Å². The fourth-order valence-corrected chi connectivity index (χ4v) is 1.03. The van der Waals surface area contributed by atoms with Crippen molar-refractivity contribution in [1.29, 1.82) is 10.5 Å². The van der Waals surface area contributed by atoms with Crippen LogP contribution in [0.1, 0.15) is 13.3 Å². The van der Waals surface area contributed by atoms with Gasteiger partial charge in [-0.3, -0.25) is 0 Å². The zero-order valence-electron chi connectivity index (χ0n) is 7.65. The van der Waals surface area contributed by atoms with Gasteiger partial charge in [-0.2, -0.15) is 0 Å². The first-order valence-electron chi connectivity index (χ1n) is 3.97. The highest BCUT2D eigenvalue weighted by molar-refractivity contribution is 5.32. The molecule has 1 aliphatic carbocycles. The van der Waals surface area contributed by atoms with Gasteiger partial charge >= 0.3 is 0 Å². The van der Waals surface area contributed by atoms with Crippen molar-refractivity contribution in [2.75, 3.05) is 0 Å². The number of nitrogens with zero attached hydrogens (tertiary/aromatic N) is 2. The Bertz CT molecular complexity index is 391. The lowest BCUT2D eigenvalue weighted by atomic mass is 10.2. The topological polar surface area (TPSA) is 66.0 Å². The maximum Gasteiger partial charge on any atom is 0.292 e. The van der Waals surface area contributed by atoms with Crippen LogP contribution in [0.15, 0.2) is 35.3 Å². The van der Waals surface area contributed by atoms with Crippen molar-refractivity contribution in [2.45, 2.75) is 13.3 Å². The van der Waals surface area contributed by atoms with Crippen LogP contribution in [0.25, 0.3) is 0 Å². The number of rotatable bonds is 2. The van der Waals surface area contributed by atoms with Crippen LogP contribution in [0.3, 0.4) is 0 Å². The smallest absolute Gasteiger partial charge is 0.292 e. The fourth-order valence-electron chi connectivity index (χ4n) is 1.03. The third kappa shape index (κ3) is 2.40. The zero-order valence-corrected chi connectivity index (χ0v) is 7.65. The summed E-state index contributed by atoms with van der Waals surface area (Å²) < 4.78 is 9.37. The molecule has 1 rings (SSSR count). The Morgan fingerprint density at radius 2 is 2.00 bits per heavy atom. The number of hydrogen-bond acceptors (Lipinski definition) is 4. The molecule has 0 heterocycles. The van der Waals surface area contributed by atoms with E-state index in [-0.39, 0.29) is 0 Å². The summed E-state index contributed by atoms with van der Waals surface area (Å²) in [6.07, 6.45) is 8.85. The average Bonchev–Trinajstić information content (AvgIpc) is 2.31. The van der Waals surface area contributed by atoms with Crippen LogP contribution in [0.4, 0.5) is 0 Å². The largest absolute Gasteiger partial charge is 0.388 e. The molecule has 70 valence electrons. The van der Waals surface area contributed by atoms with E-state index in [1.807, 2.05) is 13.0 Å². The molecule has 0 spiro atoms. The second kappa shape index (κ2) is 4.74. The molecule has 0 saturated heterocycles. The Hall–Kier alpha value is -2.20. The fraction of sp³-hybridized carbons (Fsp3) is 0.200. The molecule has 0 atom stereocenters. The zero-order chi connectivity index (χ0) is 10.4. The summed E-state index contributed by atoms with van der Waals surface area (Å²) >= 11 is 0. The van der Waals surface area contributed by atoms with E-state index in [0.717, 1.165) is 5.57 Å². The van der Waals surface area contributed by atoms with Gasteiger partial charge < -0.3 is 9.47 Å². The molecule has 0 aromatic rings. The first kappa shape index (κ1) is 9.88. The van der Waals surface area contributed by atoms with E-state index in [2.05, 4.69) is 4.74 Å². The lowest BCUT2D eigenvalue weighted by Crippen LogP contribution is -1.88. The highest BCUT2D eigenvalue weighted by atomic mass is 16.5. The van der Waals surface area contributed by atoms with Crippen molar-refractivity contribution in [3.05, 3.63) is 35.3 Å². The molecule has 0 N–H and O–H groups in total. The Balaban J connectivity index is 2.96. The molecular weight excluding hydrogens is 180 g/mol. The van der Waals surface area contributed by atoms with Crippen molar-refractivity contribution in [3.63, 3.8) is 0 Å². The summed E-state index contributed by atoms with van der Waals surface area (Å²) in [5.74, 6) is 0.803. The molecule has 0 bridgehead atoms. The van der Waals surface area contributed by atoms with Gasteiger partial charge in [0.15, 0.2) is 0 Å². The molecule has 0 amide bonds. The van der Waals surface area contributed by atoms with Gasteiger partial charge in [-0.05, 0) is 25.0 Å². The van der Waals surface area contributed by atoms with Crippen LogP contribution >= 0.6 is 0 Å². The minimum Gasteiger partial charge on any atom is -0.388 e. The Kier molecular flexibility index (Phi) is 3.34. The predicted molar refractivity (Wildman–Crippen MR) is 47.9 cm³/mol. The average molecular weight is 188 g/mol. The highest BCUT2D eigenvalue weighted by Gasteiger charge is 2.06. The highest BCUT2D eigenvalue weighted by Crippen LogP contribution is 2.18. The third-order valence-corrected chi connectivity index (χ3v) is 1.72. The maximum atomic E-state index is 8.38. The number of nitriles is 2. The van der Waals surface area contributed by atoms with E-state index >= 15 is 0 Å². The van der Waals surface area contributed by atoms with Gasteiger partial charge in [-0.15, -0.1) is 10.5 Å². The van der Waals surface area contributed by atoms with E-state index < -0.39 is 0 Å². The second-order valence-corrected chi connectivity index (χ2v) is 2.68. The quantitative estimate of drug-likeness (QED) is 0.622. The number of hydrogen-bond donors (Lipinski definition) is 0. The minimum absolute atomic E-state index is 0.370. The second-order valence-electron chi connectivity index (χ2n) is 2.68. The molecule has 0 aliphatic heterocycles. The molecular formula is C10H8N2O2. The van der Waals surface area contributed by atoms with Gasteiger partial charge in [0.25, 0.3) is 12.5 Å². The Labute approximate surface area is 82.0 Å². The van der Waals surface area contributed by atoms with Crippen molar-refractivity contribution >= 4 is 0 Å². The van der Waals surface area contributed by atoms with E-state index in [1.165, 1.54) is 6.08 Å². The van der Waals surface area contributed by atoms with Gasteiger partial charge in [0.05, 0.1) is 0 Å². The van der Waals surface area contributed by atoms with Crippen LogP contribution < -0.4 is 0 Å². The molecule has 0 radical (unpaired) electrons. The van der Waals surface area contributed by atoms with Gasteiger partial charge in [-0.1, -0.05) is 6.08 Å². The van der Waals surface area contributed by atoms with Gasteiger partial charge in [0.2, 0.25) is 0 Å². The van der Waals surface area contributed by atoms with E-state index in [0.29, 0.717) is 17.9 Å². The van der Waals surface area contributed by atoms with Crippen molar-refractivity contribution in [3.8, 4) is 12.5 Å². The van der Waals surface area contributed by atoms with Crippen molar-refractivity contribution in [2.24, 2.45) is 0 Å². The number of ether oxygens (including phenoxy) is 2. The van der Waals surface area contributed by atoms with Crippen LogP contribution in [-0.2, 0) is 9.47 Å². The summed E-state index contributed by atoms with van der Waals surface area (Å²) in [5, 5.41) is 16.7. The van der Waals surface area contributed by atoms with Gasteiger partial charge in [-0.25, -0.2) is 0 Å². The molecule has 0 aromatic carbocycles. The number of allylic oxidation sites excluding steroid dienone is 4. The van der Waals surface area contributed by atoms with Crippen LogP contribution in [0.5, 0.6) is 0 Å². The summed E-state index contributed by atoms with van der Waals surface area (Å²) in [6, 6.07) is 0. The van der Waals surface area contributed by atoms with Crippen LogP contribution in [-0.4, -0.2) is 0 Å². The molecule has 4 heteroatoms. The molecule has 0 unspecified atom stereocenters. The molecule has 0 saturated carbocycles. The molecule has 0 fully saturated rings. The van der Waals surface area contributed by atoms with Crippen molar-refractivity contribution < 1.29 is 9.47 Å². The Morgan fingerprint density at radius 3 is 2.64 bits per heavy atom. The van der Waals surface area contributed by atoms with E-state index in [9.17, 15) is 0 Å². The molecule has 0 aromatic heterocycles. The molecule has 14 heavy (non-hydrogen) atoms. The predicted octanol–water partition coefficient (Wildman–Crippen LogP) is 2.10. The maximum absolute atomic E-state index is 8.38. The summed E-state index contributed by atoms with van der Waals surface area (Å²) in [4.78, 5) is 0. The first-order valence-corrected chi connectivity index (χ1v) is 3.97. The standard InChI is InChI=1S/C10H8N2O2/c1-8-3-2-4-9(13-6-11)5-10(8)14-7-12/h2,4-5H,3H2,1H3. The minimum atomic E-state index is 0.370. The monoisotopic (exact) mass is 188 g/mol. The Morgan fingerprint density at radius 1 is 1.29 bits per heavy atom. The van der Waals surface area contributed by atoms with Gasteiger partial charge in [0, 0.05) is 6.08 Å². The summed E-state index contributed by atoms with van der Waals surface area (Å²) in [6.45, 7) is 1.85. The molecule has 4 nitrogen and oxygen atoms in total. The third-order valence-electron chi connectivity index (χ3n) is 1.72. The van der Waals surface area contributed by atoms with Crippen LogP contribution in [0.2, 0.25) is 0 Å². The normalized spacial score (nSPS) is 14.9. The van der Waals surface area contributed by atoms with E-state index in [4.69, 9.17) is 15.3 Å². The molecule has 1 aliphatic rings. The lowest BCUT2D eigenvalue weighted by molar-refractivity contribution is 0.366. The lowest BCUT2D eigenvalue weighted by Gasteiger charge is -2.00. The first-order chi connectivity index (χ1) is 6.77.